The highest BCUT2D eigenvalue weighted by Gasteiger charge is 2.24. The van der Waals surface area contributed by atoms with Gasteiger partial charge in [0.1, 0.15) is 5.01 Å². The van der Waals surface area contributed by atoms with Crippen LogP contribution in [0.3, 0.4) is 0 Å². The molecular formula is C16H21N3S. The number of nitrogens with one attached hydrogen (secondary N) is 1. The third-order valence-corrected chi connectivity index (χ3v) is 4.93. The molecule has 0 bridgehead atoms. The molecular weight excluding hydrogens is 266 g/mol. The molecule has 0 aliphatic heterocycles. The smallest absolute Gasteiger partial charge is 0.125 e. The molecule has 2 aromatic heterocycles. The summed E-state index contributed by atoms with van der Waals surface area (Å²) >= 11 is 1.84. The van der Waals surface area contributed by atoms with Crippen molar-refractivity contribution in [3.63, 3.8) is 0 Å². The normalized spacial score (nSPS) is 18.0. The van der Waals surface area contributed by atoms with E-state index in [1.54, 1.807) is 0 Å². The molecule has 1 atom stereocenters. The summed E-state index contributed by atoms with van der Waals surface area (Å²) in [7, 11) is 0. The lowest BCUT2D eigenvalue weighted by atomic mass is 9.97. The van der Waals surface area contributed by atoms with E-state index in [0.717, 1.165) is 22.8 Å². The van der Waals surface area contributed by atoms with Crippen LogP contribution in [0.25, 0.3) is 10.6 Å². The van der Waals surface area contributed by atoms with Gasteiger partial charge in [0.25, 0.3) is 0 Å². The van der Waals surface area contributed by atoms with Gasteiger partial charge in [0, 0.05) is 22.3 Å². The molecule has 106 valence electrons. The number of aromatic nitrogens is 2. The van der Waals surface area contributed by atoms with Gasteiger partial charge in [0.2, 0.25) is 0 Å². The predicted octanol–water partition coefficient (Wildman–Crippen LogP) is 3.89. The summed E-state index contributed by atoms with van der Waals surface area (Å²) in [5.41, 5.74) is 3.48. The van der Waals surface area contributed by atoms with Crippen LogP contribution in [0, 0.1) is 6.92 Å². The summed E-state index contributed by atoms with van der Waals surface area (Å²) in [6.45, 7) is 5.30. The molecule has 20 heavy (non-hydrogen) atoms. The van der Waals surface area contributed by atoms with Crippen molar-refractivity contribution >= 4 is 11.3 Å². The summed E-state index contributed by atoms with van der Waals surface area (Å²) in [6, 6.07) is 4.63. The molecule has 0 saturated heterocycles. The highest BCUT2D eigenvalue weighted by atomic mass is 32.1. The highest BCUT2D eigenvalue weighted by Crippen LogP contribution is 2.36. The first-order valence-corrected chi connectivity index (χ1v) is 8.25. The van der Waals surface area contributed by atoms with E-state index in [4.69, 9.17) is 4.98 Å². The van der Waals surface area contributed by atoms with E-state index in [1.165, 1.54) is 36.3 Å². The Kier molecular flexibility index (Phi) is 4.13. The lowest BCUT2D eigenvalue weighted by molar-refractivity contribution is 0.454. The number of rotatable bonds is 4. The predicted molar refractivity (Wildman–Crippen MR) is 84.1 cm³/mol. The lowest BCUT2D eigenvalue weighted by Crippen LogP contribution is -2.25. The molecule has 1 unspecified atom stereocenters. The second-order valence-electron chi connectivity index (χ2n) is 5.41. The van der Waals surface area contributed by atoms with Crippen molar-refractivity contribution in [2.24, 2.45) is 0 Å². The Morgan fingerprint density at radius 1 is 1.40 bits per heavy atom. The zero-order chi connectivity index (χ0) is 13.9. The van der Waals surface area contributed by atoms with E-state index in [-0.39, 0.29) is 0 Å². The number of fused-ring (bicyclic) bond motifs is 1. The maximum Gasteiger partial charge on any atom is 0.125 e. The SMILES string of the molecule is CCCNC1CCCc2sc(-c3ccc(C)nc3)nc21. The van der Waals surface area contributed by atoms with Gasteiger partial charge >= 0.3 is 0 Å². The third kappa shape index (κ3) is 2.76. The van der Waals surface area contributed by atoms with Crippen molar-refractivity contribution in [3.8, 4) is 10.6 Å². The second kappa shape index (κ2) is 6.02. The van der Waals surface area contributed by atoms with Gasteiger partial charge in [-0.1, -0.05) is 6.92 Å². The van der Waals surface area contributed by atoms with Gasteiger partial charge < -0.3 is 5.32 Å². The molecule has 0 amide bonds. The van der Waals surface area contributed by atoms with E-state index >= 15 is 0 Å². The Labute approximate surface area is 124 Å². The van der Waals surface area contributed by atoms with Crippen LogP contribution in [0.1, 0.15) is 48.5 Å². The van der Waals surface area contributed by atoms with E-state index in [9.17, 15) is 0 Å². The number of aryl methyl sites for hydroxylation is 2. The fraction of sp³-hybridized carbons (Fsp3) is 0.500. The molecule has 1 aliphatic carbocycles. The molecule has 0 saturated carbocycles. The van der Waals surface area contributed by atoms with Crippen LogP contribution >= 0.6 is 11.3 Å². The number of hydrogen-bond donors (Lipinski definition) is 1. The van der Waals surface area contributed by atoms with E-state index in [2.05, 4.69) is 29.4 Å². The van der Waals surface area contributed by atoms with Crippen LogP contribution in [-0.2, 0) is 6.42 Å². The van der Waals surface area contributed by atoms with Gasteiger partial charge in [-0.25, -0.2) is 4.98 Å². The molecule has 0 aromatic carbocycles. The first-order chi connectivity index (χ1) is 9.78. The summed E-state index contributed by atoms with van der Waals surface area (Å²) in [4.78, 5) is 10.7. The van der Waals surface area contributed by atoms with Crippen LogP contribution in [0.5, 0.6) is 0 Å². The Balaban J connectivity index is 1.88. The van der Waals surface area contributed by atoms with Gasteiger partial charge in [-0.2, -0.15) is 0 Å². The van der Waals surface area contributed by atoms with Crippen LogP contribution in [0.15, 0.2) is 18.3 Å². The van der Waals surface area contributed by atoms with Crippen molar-refractivity contribution in [1.82, 2.24) is 15.3 Å². The van der Waals surface area contributed by atoms with E-state index in [1.807, 2.05) is 24.5 Å². The number of thiazole rings is 1. The molecule has 1 aliphatic rings. The Bertz CT molecular complexity index is 574. The summed E-state index contributed by atoms with van der Waals surface area (Å²) in [5.74, 6) is 0. The fourth-order valence-corrected chi connectivity index (χ4v) is 3.81. The van der Waals surface area contributed by atoms with Crippen LogP contribution in [0.4, 0.5) is 0 Å². The molecule has 2 heterocycles. The Hall–Kier alpha value is -1.26. The quantitative estimate of drug-likeness (QED) is 0.927. The Morgan fingerprint density at radius 2 is 2.30 bits per heavy atom. The first-order valence-electron chi connectivity index (χ1n) is 7.44. The van der Waals surface area contributed by atoms with Gasteiger partial charge in [-0.05, 0) is 51.3 Å². The zero-order valence-corrected chi connectivity index (χ0v) is 13.0. The topological polar surface area (TPSA) is 37.8 Å². The van der Waals surface area contributed by atoms with Crippen molar-refractivity contribution in [3.05, 3.63) is 34.6 Å². The average Bonchev–Trinajstić information content (AvgIpc) is 2.90. The third-order valence-electron chi connectivity index (χ3n) is 3.75. The second-order valence-corrected chi connectivity index (χ2v) is 6.50. The minimum Gasteiger partial charge on any atom is -0.309 e. The van der Waals surface area contributed by atoms with Crippen molar-refractivity contribution in [1.29, 1.82) is 0 Å². The van der Waals surface area contributed by atoms with Crippen LogP contribution < -0.4 is 5.32 Å². The lowest BCUT2D eigenvalue weighted by Gasteiger charge is -2.22. The van der Waals surface area contributed by atoms with Crippen molar-refractivity contribution in [2.45, 2.75) is 45.6 Å². The summed E-state index contributed by atoms with van der Waals surface area (Å²) < 4.78 is 0. The molecule has 0 spiro atoms. The van der Waals surface area contributed by atoms with Gasteiger partial charge in [-0.3, -0.25) is 4.98 Å². The number of hydrogen-bond acceptors (Lipinski definition) is 4. The molecule has 3 nitrogen and oxygen atoms in total. The van der Waals surface area contributed by atoms with Crippen LogP contribution in [-0.4, -0.2) is 16.5 Å². The fourth-order valence-electron chi connectivity index (χ4n) is 2.65. The minimum atomic E-state index is 0.446. The van der Waals surface area contributed by atoms with Gasteiger partial charge in [0.15, 0.2) is 0 Å². The van der Waals surface area contributed by atoms with E-state index in [0.29, 0.717) is 6.04 Å². The largest absolute Gasteiger partial charge is 0.309 e. The first kappa shape index (κ1) is 13.7. The average molecular weight is 287 g/mol. The molecule has 1 N–H and O–H groups in total. The molecule has 0 fully saturated rings. The maximum absolute atomic E-state index is 4.90. The number of pyridine rings is 1. The standard InChI is InChI=1S/C16H21N3S/c1-3-9-17-13-5-4-6-14-15(13)19-16(20-14)12-8-7-11(2)18-10-12/h7-8,10,13,17H,3-6,9H2,1-2H3. The molecule has 0 radical (unpaired) electrons. The summed E-state index contributed by atoms with van der Waals surface area (Å²) in [6.07, 6.45) is 6.76. The van der Waals surface area contributed by atoms with E-state index < -0.39 is 0 Å². The highest BCUT2D eigenvalue weighted by molar-refractivity contribution is 7.15. The number of nitrogens with zero attached hydrogens (tertiary/aromatic N) is 2. The monoisotopic (exact) mass is 287 g/mol. The van der Waals surface area contributed by atoms with Gasteiger partial charge in [-0.15, -0.1) is 11.3 Å². The maximum atomic E-state index is 4.90. The van der Waals surface area contributed by atoms with Gasteiger partial charge in [0.05, 0.1) is 11.7 Å². The zero-order valence-electron chi connectivity index (χ0n) is 12.1. The van der Waals surface area contributed by atoms with Crippen molar-refractivity contribution in [2.75, 3.05) is 6.54 Å². The molecule has 2 aromatic rings. The minimum absolute atomic E-state index is 0.446. The van der Waals surface area contributed by atoms with Crippen molar-refractivity contribution < 1.29 is 0 Å². The summed E-state index contributed by atoms with van der Waals surface area (Å²) in [5, 5.41) is 4.75. The molecule has 4 heteroatoms. The van der Waals surface area contributed by atoms with Crippen LogP contribution in [0.2, 0.25) is 0 Å². The Morgan fingerprint density at radius 3 is 3.05 bits per heavy atom. The molecule has 3 rings (SSSR count).